The minimum atomic E-state index is -0.241. The second-order valence-corrected chi connectivity index (χ2v) is 6.46. The smallest absolute Gasteiger partial charge is 0.259 e. The molecule has 2 aromatic carbocycles. The number of nitrogens with zero attached hydrogens (tertiary/aromatic N) is 2. The van der Waals surface area contributed by atoms with E-state index in [1.54, 1.807) is 18.2 Å². The monoisotopic (exact) mass is 371 g/mol. The molecule has 6 nitrogen and oxygen atoms in total. The lowest BCUT2D eigenvalue weighted by Gasteiger charge is -2.20. The van der Waals surface area contributed by atoms with Crippen LogP contribution in [0.4, 0.5) is 5.69 Å². The average Bonchev–Trinajstić information content (AvgIpc) is 3.18. The first kappa shape index (κ1) is 16.4. The van der Waals surface area contributed by atoms with Crippen molar-refractivity contribution in [3.8, 4) is 22.8 Å². The van der Waals surface area contributed by atoms with Crippen LogP contribution in [0.5, 0.6) is 11.5 Å². The van der Waals surface area contributed by atoms with Crippen LogP contribution in [0.25, 0.3) is 16.9 Å². The van der Waals surface area contributed by atoms with Crippen molar-refractivity contribution in [3.63, 3.8) is 0 Å². The van der Waals surface area contributed by atoms with E-state index in [9.17, 15) is 4.79 Å². The molecule has 0 fully saturated rings. The summed E-state index contributed by atoms with van der Waals surface area (Å²) in [6.45, 7) is 0.916. The number of fused-ring (bicyclic) bond motifs is 2. The van der Waals surface area contributed by atoms with E-state index in [4.69, 9.17) is 9.47 Å². The van der Waals surface area contributed by atoms with Crippen LogP contribution in [-0.2, 0) is 0 Å². The predicted octanol–water partition coefficient (Wildman–Crippen LogP) is 4.02. The molecule has 28 heavy (non-hydrogen) atoms. The quantitative estimate of drug-likeness (QED) is 0.591. The van der Waals surface area contributed by atoms with Crippen molar-refractivity contribution >= 4 is 17.2 Å². The van der Waals surface area contributed by atoms with E-state index in [2.05, 4.69) is 10.3 Å². The zero-order valence-corrected chi connectivity index (χ0v) is 15.0. The Morgan fingerprint density at radius 2 is 1.89 bits per heavy atom. The molecule has 0 saturated heterocycles. The van der Waals surface area contributed by atoms with Crippen molar-refractivity contribution in [3.05, 3.63) is 78.6 Å². The summed E-state index contributed by atoms with van der Waals surface area (Å²) in [7, 11) is 0. The normalized spacial score (nSPS) is 12.7. The summed E-state index contributed by atoms with van der Waals surface area (Å²) in [6, 6.07) is 18.8. The maximum atomic E-state index is 12.8. The molecule has 2 aromatic heterocycles. The van der Waals surface area contributed by atoms with E-state index >= 15 is 0 Å². The fourth-order valence-corrected chi connectivity index (χ4v) is 3.28. The number of aromatic nitrogens is 2. The number of hydrogen-bond acceptors (Lipinski definition) is 4. The third kappa shape index (κ3) is 2.95. The highest BCUT2D eigenvalue weighted by molar-refractivity contribution is 6.07. The zero-order chi connectivity index (χ0) is 18.9. The highest BCUT2D eigenvalue weighted by Gasteiger charge is 2.20. The number of benzene rings is 2. The van der Waals surface area contributed by atoms with E-state index in [0.29, 0.717) is 36.0 Å². The molecule has 0 unspecified atom stereocenters. The van der Waals surface area contributed by atoms with Crippen LogP contribution < -0.4 is 14.8 Å². The van der Waals surface area contributed by atoms with Crippen LogP contribution in [-0.4, -0.2) is 28.5 Å². The summed E-state index contributed by atoms with van der Waals surface area (Å²) >= 11 is 0. The molecule has 1 N–H and O–H groups in total. The third-order valence-electron chi connectivity index (χ3n) is 4.59. The van der Waals surface area contributed by atoms with Gasteiger partial charge in [0.25, 0.3) is 5.91 Å². The summed E-state index contributed by atoms with van der Waals surface area (Å²) in [6.07, 6.45) is 3.92. The van der Waals surface area contributed by atoms with Gasteiger partial charge >= 0.3 is 0 Å². The van der Waals surface area contributed by atoms with Gasteiger partial charge in [-0.25, -0.2) is 4.98 Å². The number of carbonyl (C=O) groups is 1. The van der Waals surface area contributed by atoms with Crippen molar-refractivity contribution in [2.45, 2.75) is 0 Å². The van der Waals surface area contributed by atoms with Gasteiger partial charge in [0.15, 0.2) is 11.5 Å². The molecule has 0 atom stereocenters. The van der Waals surface area contributed by atoms with Crippen LogP contribution in [0.15, 0.2) is 73.1 Å². The molecule has 138 valence electrons. The third-order valence-corrected chi connectivity index (χ3v) is 4.59. The second kappa shape index (κ2) is 6.74. The first-order chi connectivity index (χ1) is 13.8. The van der Waals surface area contributed by atoms with Crippen LogP contribution in [0.1, 0.15) is 10.4 Å². The van der Waals surface area contributed by atoms with E-state index in [-0.39, 0.29) is 5.91 Å². The minimum Gasteiger partial charge on any atom is -0.486 e. The summed E-state index contributed by atoms with van der Waals surface area (Å²) in [5.74, 6) is 0.842. The topological polar surface area (TPSA) is 64.9 Å². The van der Waals surface area contributed by atoms with Crippen LogP contribution in [0.3, 0.4) is 0 Å². The van der Waals surface area contributed by atoms with E-state index < -0.39 is 0 Å². The Kier molecular flexibility index (Phi) is 3.94. The number of imidazole rings is 1. The van der Waals surface area contributed by atoms with Gasteiger partial charge in [0.2, 0.25) is 0 Å². The predicted molar refractivity (Wildman–Crippen MR) is 106 cm³/mol. The highest BCUT2D eigenvalue weighted by Crippen LogP contribution is 2.34. The number of carbonyl (C=O) groups excluding carboxylic acids is 1. The van der Waals surface area contributed by atoms with Gasteiger partial charge in [-0.05, 0) is 36.4 Å². The molecule has 1 aliphatic heterocycles. The van der Waals surface area contributed by atoms with Crippen molar-refractivity contribution in [1.82, 2.24) is 9.38 Å². The molecular formula is C22H17N3O3. The van der Waals surface area contributed by atoms with Crippen molar-refractivity contribution < 1.29 is 14.3 Å². The van der Waals surface area contributed by atoms with Crippen LogP contribution >= 0.6 is 0 Å². The molecule has 5 rings (SSSR count). The number of pyridine rings is 1. The molecule has 0 spiro atoms. The number of rotatable bonds is 3. The summed E-state index contributed by atoms with van der Waals surface area (Å²) in [5, 5.41) is 2.94. The van der Waals surface area contributed by atoms with Gasteiger partial charge in [-0.2, -0.15) is 0 Å². The van der Waals surface area contributed by atoms with Gasteiger partial charge in [-0.3, -0.25) is 4.79 Å². The number of amides is 1. The molecule has 0 saturated carbocycles. The Morgan fingerprint density at radius 3 is 2.82 bits per heavy atom. The molecule has 6 heteroatoms. The Labute approximate surface area is 161 Å². The summed E-state index contributed by atoms with van der Waals surface area (Å²) < 4.78 is 13.2. The van der Waals surface area contributed by atoms with Gasteiger partial charge in [0.1, 0.15) is 18.9 Å². The average molecular weight is 371 g/mol. The zero-order valence-electron chi connectivity index (χ0n) is 15.0. The summed E-state index contributed by atoms with van der Waals surface area (Å²) in [4.78, 5) is 17.4. The van der Waals surface area contributed by atoms with Gasteiger partial charge < -0.3 is 19.2 Å². The minimum absolute atomic E-state index is 0.241. The number of anilines is 1. The van der Waals surface area contributed by atoms with E-state index in [1.807, 2.05) is 59.3 Å². The molecule has 0 bridgehead atoms. The van der Waals surface area contributed by atoms with Gasteiger partial charge in [0.05, 0.1) is 11.3 Å². The first-order valence-corrected chi connectivity index (χ1v) is 9.02. The summed E-state index contributed by atoms with van der Waals surface area (Å²) in [5.41, 5.74) is 3.79. The molecule has 1 amide bonds. The number of nitrogens with one attached hydrogen (secondary N) is 1. The lowest BCUT2D eigenvalue weighted by molar-refractivity contribution is 0.101. The molecule has 3 heterocycles. The van der Waals surface area contributed by atoms with Crippen molar-refractivity contribution in [1.29, 1.82) is 0 Å². The van der Waals surface area contributed by atoms with Crippen molar-refractivity contribution in [2.75, 3.05) is 18.5 Å². The molecule has 1 aliphatic rings. The standard InChI is InChI=1S/C22H17N3O3/c26-22(17-7-4-8-19-21(17)28-12-11-27-19)23-16-6-3-5-15(13-16)18-14-25-10-2-1-9-20(25)24-18/h1-10,13-14H,11-12H2,(H,23,26). The van der Waals surface area contributed by atoms with Crippen LogP contribution in [0.2, 0.25) is 0 Å². The van der Waals surface area contributed by atoms with Crippen LogP contribution in [0, 0.1) is 0 Å². The second-order valence-electron chi connectivity index (χ2n) is 6.46. The fourth-order valence-electron chi connectivity index (χ4n) is 3.28. The number of ether oxygens (including phenoxy) is 2. The SMILES string of the molecule is O=C(Nc1cccc(-c2cn3ccccc3n2)c1)c1cccc2c1OCCO2. The largest absolute Gasteiger partial charge is 0.486 e. The Hall–Kier alpha value is -3.80. The maximum Gasteiger partial charge on any atom is 0.259 e. The van der Waals surface area contributed by atoms with E-state index in [1.165, 1.54) is 0 Å². The number of hydrogen-bond donors (Lipinski definition) is 1. The molecule has 0 aliphatic carbocycles. The van der Waals surface area contributed by atoms with Gasteiger partial charge in [-0.15, -0.1) is 0 Å². The Morgan fingerprint density at radius 1 is 1.00 bits per heavy atom. The molecular weight excluding hydrogens is 354 g/mol. The maximum absolute atomic E-state index is 12.8. The lowest BCUT2D eigenvalue weighted by Crippen LogP contribution is -2.20. The number of para-hydroxylation sites is 1. The molecule has 4 aromatic rings. The molecule has 0 radical (unpaired) electrons. The highest BCUT2D eigenvalue weighted by atomic mass is 16.6. The van der Waals surface area contributed by atoms with Gasteiger partial charge in [0, 0.05) is 23.6 Å². The Bertz CT molecular complexity index is 1150. The first-order valence-electron chi connectivity index (χ1n) is 9.02. The Balaban J connectivity index is 1.43. The fraction of sp³-hybridized carbons (Fsp3) is 0.0909. The van der Waals surface area contributed by atoms with Crippen molar-refractivity contribution in [2.24, 2.45) is 0 Å². The van der Waals surface area contributed by atoms with E-state index in [0.717, 1.165) is 16.9 Å². The van der Waals surface area contributed by atoms with Gasteiger partial charge in [-0.1, -0.05) is 24.3 Å². The lowest BCUT2D eigenvalue weighted by atomic mass is 10.1.